The molecule has 0 aromatic carbocycles. The van der Waals surface area contributed by atoms with Crippen molar-refractivity contribution in [3.8, 4) is 0 Å². The normalized spacial score (nSPS) is 14.8. The molecule has 3 atom stereocenters. The predicted molar refractivity (Wildman–Crippen MR) is 375 cm³/mol. The van der Waals surface area contributed by atoms with Crippen LogP contribution >= 0.6 is 7.82 Å². The number of likely N-dealkylation sites (N-methyl/N-ethyl adjacent to an activating group) is 1. The molecule has 0 aromatic heterocycles. The highest BCUT2D eigenvalue weighted by Gasteiger charge is 2.23. The number of aliphatic hydroxyl groups is 1. The Labute approximate surface area is 529 Å². The molecule has 0 saturated carbocycles. The van der Waals surface area contributed by atoms with E-state index in [1.165, 1.54) is 103 Å². The van der Waals surface area contributed by atoms with E-state index in [-0.39, 0.29) is 18.9 Å². The first-order valence-corrected chi connectivity index (χ1v) is 35.6. The number of carbonyl (C=O) groups is 1. The van der Waals surface area contributed by atoms with E-state index in [9.17, 15) is 19.4 Å². The summed E-state index contributed by atoms with van der Waals surface area (Å²) in [4.78, 5) is 25.6. The van der Waals surface area contributed by atoms with Crippen molar-refractivity contribution in [3.05, 3.63) is 182 Å². The molecule has 0 fully saturated rings. The lowest BCUT2D eigenvalue weighted by Gasteiger charge is -2.29. The minimum Gasteiger partial charge on any atom is -0.756 e. The third-order valence-corrected chi connectivity index (χ3v) is 15.0. The number of hydrogen-bond donors (Lipinski definition) is 2. The number of phosphoric acid groups is 1. The van der Waals surface area contributed by atoms with Crippen LogP contribution < -0.4 is 10.2 Å². The topological polar surface area (TPSA) is 108 Å². The number of amides is 1. The molecule has 3 unspecified atom stereocenters. The number of phosphoric ester groups is 1. The molecule has 86 heavy (non-hydrogen) atoms. The zero-order valence-electron chi connectivity index (χ0n) is 55.4. The van der Waals surface area contributed by atoms with E-state index in [1.54, 1.807) is 6.08 Å². The SMILES string of the molecule is CC/C=C\C/C=C\C/C=C\C/C=C\C/C=C\C/C=C\C/C=C\C/C=C\C/C=C\C/C=C\C/C=C\C/C=C\CCCCC(=O)NC(COP(=O)([O-])OCC[N+](C)(C)C)C(O)/C=C/CC/C=C/CC/C=C/CCCCCCCCCCCCCCCCC. The van der Waals surface area contributed by atoms with Gasteiger partial charge >= 0.3 is 0 Å². The zero-order chi connectivity index (χ0) is 62.6. The fraction of sp³-hybridized carbons (Fsp3) is 0.597. The number of quaternary nitrogens is 1. The quantitative estimate of drug-likeness (QED) is 0.0272. The smallest absolute Gasteiger partial charge is 0.268 e. The first-order valence-electron chi connectivity index (χ1n) is 34.1. The van der Waals surface area contributed by atoms with Gasteiger partial charge in [-0.05, 0) is 135 Å². The van der Waals surface area contributed by atoms with E-state index in [0.717, 1.165) is 109 Å². The Kier molecular flexibility index (Phi) is 61.7. The standard InChI is InChI=1S/C77H127N2O6P/c1-6-8-10-12-14-16-18-20-22-24-26-28-30-32-33-34-35-36-37-38-39-40-41-42-43-44-45-47-49-51-53-55-57-59-61-63-65-67-69-71-77(81)78-75(74-85-86(82,83)84-73-72-79(3,4)5)76(80)70-68-66-64-62-60-58-56-54-52-50-48-46-31-29-27-25-23-21-19-17-15-13-11-9-7-2/h8,10,14,16,20,22,26,28,32-33,35-36,38-39,41-42,44-45,49,51-52,54-55,57,60-63,68,70,75-76,80H,6-7,9,11-13,15,17-19,21,23-25,27,29-31,34,37,40,43,46-48,50,53,56,58-59,64-67,69,71-74H2,1-5H3,(H-,78,81,82,83)/b10-8-,16-14-,22-20-,28-26-,33-32-,36-35-,39-38-,42-41-,45-44-,51-49-,54-52+,57-55-,62-60+,63-61-,70-68+. The summed E-state index contributed by atoms with van der Waals surface area (Å²) in [7, 11) is 1.18. The van der Waals surface area contributed by atoms with Crippen molar-refractivity contribution in [2.24, 2.45) is 0 Å². The van der Waals surface area contributed by atoms with E-state index in [2.05, 4.69) is 189 Å². The van der Waals surface area contributed by atoms with Gasteiger partial charge in [0.2, 0.25) is 5.91 Å². The average molecular weight is 1210 g/mol. The highest BCUT2D eigenvalue weighted by atomic mass is 31.2. The molecular formula is C77H127N2O6P. The third-order valence-electron chi connectivity index (χ3n) is 14.1. The number of unbranched alkanes of at least 4 members (excludes halogenated alkanes) is 19. The summed E-state index contributed by atoms with van der Waals surface area (Å²) in [5.41, 5.74) is 0. The lowest BCUT2D eigenvalue weighted by atomic mass is 10.0. The minimum atomic E-state index is -4.64. The highest BCUT2D eigenvalue weighted by Crippen LogP contribution is 2.38. The first-order chi connectivity index (χ1) is 42.0. The molecule has 0 rings (SSSR count). The molecule has 0 aliphatic carbocycles. The van der Waals surface area contributed by atoms with Crippen LogP contribution in [0.4, 0.5) is 0 Å². The molecule has 486 valence electrons. The Morgan fingerprint density at radius 1 is 0.419 bits per heavy atom. The number of allylic oxidation sites excluding steroid dienone is 29. The van der Waals surface area contributed by atoms with Gasteiger partial charge in [0.05, 0.1) is 39.9 Å². The van der Waals surface area contributed by atoms with Crippen LogP contribution in [-0.4, -0.2) is 68.5 Å². The number of carbonyl (C=O) groups excluding carboxylic acids is 1. The van der Waals surface area contributed by atoms with Gasteiger partial charge < -0.3 is 28.8 Å². The summed E-state index contributed by atoms with van der Waals surface area (Å²) in [6.45, 7) is 4.46. The second kappa shape index (κ2) is 65.1. The van der Waals surface area contributed by atoms with Crippen LogP contribution in [0.15, 0.2) is 182 Å². The monoisotopic (exact) mass is 1210 g/mol. The van der Waals surface area contributed by atoms with Crippen molar-refractivity contribution < 1.29 is 32.9 Å². The summed E-state index contributed by atoms with van der Waals surface area (Å²) >= 11 is 0. The van der Waals surface area contributed by atoms with Crippen LogP contribution in [0.25, 0.3) is 0 Å². The van der Waals surface area contributed by atoms with Crippen molar-refractivity contribution in [3.63, 3.8) is 0 Å². The van der Waals surface area contributed by atoms with Gasteiger partial charge in [0, 0.05) is 6.42 Å². The fourth-order valence-corrected chi connectivity index (χ4v) is 9.54. The maximum Gasteiger partial charge on any atom is 0.268 e. The van der Waals surface area contributed by atoms with E-state index < -0.39 is 26.6 Å². The average Bonchev–Trinajstić information content (AvgIpc) is 3.70. The fourth-order valence-electron chi connectivity index (χ4n) is 8.81. The van der Waals surface area contributed by atoms with Crippen molar-refractivity contribution in [1.29, 1.82) is 0 Å². The Balaban J connectivity index is 4.32. The molecule has 0 aromatic rings. The van der Waals surface area contributed by atoms with Gasteiger partial charge in [-0.3, -0.25) is 9.36 Å². The lowest BCUT2D eigenvalue weighted by Crippen LogP contribution is -2.45. The number of aliphatic hydroxyl groups excluding tert-OH is 1. The second-order valence-corrected chi connectivity index (χ2v) is 24.8. The molecule has 0 radical (unpaired) electrons. The first kappa shape index (κ1) is 81.6. The molecule has 0 aliphatic heterocycles. The molecule has 8 nitrogen and oxygen atoms in total. The van der Waals surface area contributed by atoms with Crippen LogP contribution in [0.3, 0.4) is 0 Å². The maximum atomic E-state index is 13.0. The molecule has 9 heteroatoms. The Morgan fingerprint density at radius 3 is 1.08 bits per heavy atom. The van der Waals surface area contributed by atoms with Crippen LogP contribution in [0.2, 0.25) is 0 Å². The summed E-state index contributed by atoms with van der Waals surface area (Å²) in [5.74, 6) is -0.260. The van der Waals surface area contributed by atoms with Gasteiger partial charge in [-0.25, -0.2) is 0 Å². The van der Waals surface area contributed by atoms with E-state index in [0.29, 0.717) is 23.9 Å². The largest absolute Gasteiger partial charge is 0.756 e. The summed E-state index contributed by atoms with van der Waals surface area (Å²) < 4.78 is 23.4. The van der Waals surface area contributed by atoms with Crippen molar-refractivity contribution in [2.75, 3.05) is 40.9 Å². The molecule has 0 bridgehead atoms. The summed E-state index contributed by atoms with van der Waals surface area (Å²) in [6.07, 6.45) is 104. The van der Waals surface area contributed by atoms with Crippen LogP contribution in [-0.2, 0) is 18.4 Å². The van der Waals surface area contributed by atoms with Crippen molar-refractivity contribution in [2.45, 2.75) is 257 Å². The van der Waals surface area contributed by atoms with E-state index >= 15 is 0 Å². The number of nitrogens with one attached hydrogen (secondary N) is 1. The summed E-state index contributed by atoms with van der Waals surface area (Å²) in [5, 5.41) is 13.9. The summed E-state index contributed by atoms with van der Waals surface area (Å²) in [6, 6.07) is -0.949. The van der Waals surface area contributed by atoms with Crippen LogP contribution in [0, 0.1) is 0 Å². The van der Waals surface area contributed by atoms with Gasteiger partial charge in [0.1, 0.15) is 13.2 Å². The number of nitrogens with zero attached hydrogens (tertiary/aromatic N) is 1. The van der Waals surface area contributed by atoms with Gasteiger partial charge in [0.25, 0.3) is 7.82 Å². The van der Waals surface area contributed by atoms with Crippen molar-refractivity contribution in [1.82, 2.24) is 5.32 Å². The highest BCUT2D eigenvalue weighted by molar-refractivity contribution is 7.45. The maximum absolute atomic E-state index is 13.0. The third kappa shape index (κ3) is 67.1. The van der Waals surface area contributed by atoms with Crippen LogP contribution in [0.5, 0.6) is 0 Å². The number of hydrogen-bond acceptors (Lipinski definition) is 6. The van der Waals surface area contributed by atoms with E-state index in [4.69, 9.17) is 9.05 Å². The Bertz CT molecular complexity index is 2060. The molecule has 0 aliphatic rings. The Hall–Kier alpha value is -4.40. The molecular weight excluding hydrogens is 1080 g/mol. The van der Waals surface area contributed by atoms with Gasteiger partial charge in [-0.15, -0.1) is 0 Å². The Morgan fingerprint density at radius 2 is 0.721 bits per heavy atom. The van der Waals surface area contributed by atoms with Gasteiger partial charge in [-0.1, -0.05) is 286 Å². The molecule has 0 spiro atoms. The van der Waals surface area contributed by atoms with Gasteiger partial charge in [-0.2, -0.15) is 0 Å². The predicted octanol–water partition coefficient (Wildman–Crippen LogP) is 21.5. The molecule has 2 N–H and O–H groups in total. The zero-order valence-corrected chi connectivity index (χ0v) is 56.3. The lowest BCUT2D eigenvalue weighted by molar-refractivity contribution is -0.870. The second-order valence-electron chi connectivity index (χ2n) is 23.4. The van der Waals surface area contributed by atoms with E-state index in [1.807, 2.05) is 27.2 Å². The minimum absolute atomic E-state index is 0.0278. The van der Waals surface area contributed by atoms with Crippen LogP contribution in [0.1, 0.15) is 245 Å². The molecule has 0 saturated heterocycles. The van der Waals surface area contributed by atoms with Crippen molar-refractivity contribution >= 4 is 13.7 Å². The van der Waals surface area contributed by atoms with Gasteiger partial charge in [0.15, 0.2) is 0 Å². The molecule has 0 heterocycles. The number of rotatable bonds is 60. The molecule has 1 amide bonds.